The highest BCUT2D eigenvalue weighted by Gasteiger charge is 2.13. The maximum absolute atomic E-state index is 13.5. The Morgan fingerprint density at radius 1 is 1.16 bits per heavy atom. The number of nitrogens with zero attached hydrogens (tertiary/aromatic N) is 1. The van der Waals surface area contributed by atoms with Crippen LogP contribution in [0.1, 0.15) is 5.56 Å². The summed E-state index contributed by atoms with van der Waals surface area (Å²) in [6.45, 7) is 2.02. The summed E-state index contributed by atoms with van der Waals surface area (Å²) in [4.78, 5) is 16.4. The van der Waals surface area contributed by atoms with Crippen molar-refractivity contribution in [2.24, 2.45) is 0 Å². The summed E-state index contributed by atoms with van der Waals surface area (Å²) in [5.74, 6) is -2.06. The van der Waals surface area contributed by atoms with Crippen molar-refractivity contribution in [3.05, 3.63) is 65.0 Å². The van der Waals surface area contributed by atoms with Crippen LogP contribution in [0, 0.1) is 18.6 Å². The fourth-order valence-electron chi connectivity index (χ4n) is 2.10. The van der Waals surface area contributed by atoms with E-state index in [4.69, 9.17) is 0 Å². The third kappa shape index (κ3) is 4.43. The summed E-state index contributed by atoms with van der Waals surface area (Å²) in [7, 11) is 0. The monoisotopic (exact) mass is 376 g/mol. The Bertz CT molecular complexity index is 874. The molecule has 0 saturated carbocycles. The smallest absolute Gasteiger partial charge is 0.234 e. The van der Waals surface area contributed by atoms with Gasteiger partial charge < -0.3 is 5.32 Å². The van der Waals surface area contributed by atoms with Gasteiger partial charge in [0.2, 0.25) is 5.91 Å². The van der Waals surface area contributed by atoms with Gasteiger partial charge in [0.25, 0.3) is 0 Å². The van der Waals surface area contributed by atoms with Crippen LogP contribution in [0.25, 0.3) is 11.3 Å². The summed E-state index contributed by atoms with van der Waals surface area (Å²) in [6.07, 6.45) is 0. The normalized spacial score (nSPS) is 10.7. The second-order valence-electron chi connectivity index (χ2n) is 5.30. The number of amides is 1. The Kier molecular flexibility index (Phi) is 5.45. The molecule has 0 bridgehead atoms. The first-order valence-corrected chi connectivity index (χ1v) is 9.28. The minimum absolute atomic E-state index is 0.0224. The maximum Gasteiger partial charge on any atom is 0.234 e. The molecule has 0 atom stereocenters. The Hall–Kier alpha value is -2.25. The SMILES string of the molecule is Cc1ccc(-c2csc(SCC(=O)Nc3c(F)cccc3F)n2)cc1. The molecule has 7 heteroatoms. The molecule has 0 aliphatic carbocycles. The predicted molar refractivity (Wildman–Crippen MR) is 98.0 cm³/mol. The highest BCUT2D eigenvalue weighted by atomic mass is 32.2. The lowest BCUT2D eigenvalue weighted by atomic mass is 10.1. The number of anilines is 1. The minimum atomic E-state index is -0.797. The van der Waals surface area contributed by atoms with Crippen LogP contribution in [0.4, 0.5) is 14.5 Å². The van der Waals surface area contributed by atoms with Crippen molar-refractivity contribution < 1.29 is 13.6 Å². The molecule has 0 radical (unpaired) electrons. The number of benzene rings is 2. The molecule has 1 amide bonds. The number of thiazole rings is 1. The topological polar surface area (TPSA) is 42.0 Å². The fraction of sp³-hybridized carbons (Fsp3) is 0.111. The van der Waals surface area contributed by atoms with E-state index in [1.54, 1.807) is 0 Å². The second kappa shape index (κ2) is 7.76. The molecule has 25 heavy (non-hydrogen) atoms. The van der Waals surface area contributed by atoms with Gasteiger partial charge in [0.1, 0.15) is 17.3 Å². The summed E-state index contributed by atoms with van der Waals surface area (Å²) < 4.78 is 27.8. The third-order valence-corrected chi connectivity index (χ3v) is 5.41. The number of nitrogens with one attached hydrogen (secondary N) is 1. The second-order valence-corrected chi connectivity index (χ2v) is 7.38. The van der Waals surface area contributed by atoms with Gasteiger partial charge in [-0.2, -0.15) is 0 Å². The van der Waals surface area contributed by atoms with Crippen LogP contribution in [0.5, 0.6) is 0 Å². The zero-order valence-corrected chi connectivity index (χ0v) is 14.9. The highest BCUT2D eigenvalue weighted by molar-refractivity contribution is 8.01. The molecule has 3 rings (SSSR count). The molecule has 1 heterocycles. The molecule has 0 aliphatic heterocycles. The van der Waals surface area contributed by atoms with E-state index < -0.39 is 23.2 Å². The summed E-state index contributed by atoms with van der Waals surface area (Å²) >= 11 is 2.66. The summed E-state index contributed by atoms with van der Waals surface area (Å²) in [5, 5.41) is 4.18. The van der Waals surface area contributed by atoms with Gasteiger partial charge in [-0.25, -0.2) is 13.8 Å². The van der Waals surface area contributed by atoms with E-state index in [1.807, 2.05) is 36.6 Å². The first-order valence-electron chi connectivity index (χ1n) is 7.42. The molecule has 3 aromatic rings. The Morgan fingerprint density at radius 3 is 2.52 bits per heavy atom. The fourth-order valence-corrected chi connectivity index (χ4v) is 3.74. The molecule has 2 aromatic carbocycles. The molecule has 0 unspecified atom stereocenters. The number of aryl methyl sites for hydroxylation is 1. The van der Waals surface area contributed by atoms with E-state index in [-0.39, 0.29) is 5.75 Å². The van der Waals surface area contributed by atoms with Gasteiger partial charge in [-0.1, -0.05) is 47.7 Å². The molecule has 1 aromatic heterocycles. The zero-order chi connectivity index (χ0) is 17.8. The quantitative estimate of drug-likeness (QED) is 0.628. The Morgan fingerprint density at radius 2 is 1.84 bits per heavy atom. The van der Waals surface area contributed by atoms with Crippen LogP contribution >= 0.6 is 23.1 Å². The van der Waals surface area contributed by atoms with E-state index in [0.717, 1.165) is 27.7 Å². The van der Waals surface area contributed by atoms with Gasteiger partial charge in [0.05, 0.1) is 11.4 Å². The van der Waals surface area contributed by atoms with Gasteiger partial charge in [-0.15, -0.1) is 11.3 Å². The molecular formula is C18H14F2N2OS2. The highest BCUT2D eigenvalue weighted by Crippen LogP contribution is 2.28. The number of carbonyl (C=O) groups excluding carboxylic acids is 1. The first kappa shape index (κ1) is 17.6. The van der Waals surface area contributed by atoms with Crippen molar-refractivity contribution in [1.29, 1.82) is 0 Å². The number of halogens is 2. The van der Waals surface area contributed by atoms with Crippen LogP contribution < -0.4 is 5.32 Å². The van der Waals surface area contributed by atoms with Gasteiger partial charge in [-0.3, -0.25) is 4.79 Å². The zero-order valence-electron chi connectivity index (χ0n) is 13.3. The van der Waals surface area contributed by atoms with Crippen molar-refractivity contribution in [3.63, 3.8) is 0 Å². The molecule has 0 saturated heterocycles. The molecule has 128 valence electrons. The van der Waals surface area contributed by atoms with Crippen LogP contribution in [-0.2, 0) is 4.79 Å². The van der Waals surface area contributed by atoms with E-state index in [1.165, 1.54) is 34.7 Å². The number of hydrogen-bond donors (Lipinski definition) is 1. The van der Waals surface area contributed by atoms with Crippen molar-refractivity contribution in [3.8, 4) is 11.3 Å². The van der Waals surface area contributed by atoms with Gasteiger partial charge in [0, 0.05) is 10.9 Å². The number of hydrogen-bond acceptors (Lipinski definition) is 4. The molecule has 0 aliphatic rings. The first-order chi connectivity index (χ1) is 12.0. The van der Waals surface area contributed by atoms with Crippen molar-refractivity contribution in [2.45, 2.75) is 11.3 Å². The van der Waals surface area contributed by atoms with Crippen LogP contribution in [0.15, 0.2) is 52.2 Å². The van der Waals surface area contributed by atoms with Crippen LogP contribution in [-0.4, -0.2) is 16.6 Å². The lowest BCUT2D eigenvalue weighted by Crippen LogP contribution is -2.16. The minimum Gasteiger partial charge on any atom is -0.320 e. The van der Waals surface area contributed by atoms with E-state index in [9.17, 15) is 13.6 Å². The molecule has 0 fully saturated rings. The van der Waals surface area contributed by atoms with Crippen molar-refractivity contribution in [2.75, 3.05) is 11.1 Å². The maximum atomic E-state index is 13.5. The van der Waals surface area contributed by atoms with Crippen molar-refractivity contribution >= 4 is 34.7 Å². The van der Waals surface area contributed by atoms with Gasteiger partial charge >= 0.3 is 0 Å². The van der Waals surface area contributed by atoms with E-state index >= 15 is 0 Å². The van der Waals surface area contributed by atoms with Gasteiger partial charge in [0.15, 0.2) is 4.34 Å². The lowest BCUT2D eigenvalue weighted by molar-refractivity contribution is -0.113. The molecule has 3 nitrogen and oxygen atoms in total. The number of thioether (sulfide) groups is 1. The number of para-hydroxylation sites is 1. The predicted octanol–water partition coefficient (Wildman–Crippen LogP) is 5.13. The van der Waals surface area contributed by atoms with Crippen LogP contribution in [0.2, 0.25) is 0 Å². The summed E-state index contributed by atoms with van der Waals surface area (Å²) in [6, 6.07) is 11.5. The van der Waals surface area contributed by atoms with Gasteiger partial charge in [-0.05, 0) is 19.1 Å². The number of carbonyl (C=O) groups is 1. The molecule has 1 N–H and O–H groups in total. The largest absolute Gasteiger partial charge is 0.320 e. The van der Waals surface area contributed by atoms with E-state index in [2.05, 4.69) is 10.3 Å². The number of aromatic nitrogens is 1. The lowest BCUT2D eigenvalue weighted by Gasteiger charge is -2.06. The Labute approximate surface area is 152 Å². The average Bonchev–Trinajstić information content (AvgIpc) is 3.06. The molecule has 0 spiro atoms. The molecular weight excluding hydrogens is 362 g/mol. The number of rotatable bonds is 5. The van der Waals surface area contributed by atoms with Crippen LogP contribution in [0.3, 0.4) is 0 Å². The average molecular weight is 376 g/mol. The van der Waals surface area contributed by atoms with Crippen molar-refractivity contribution in [1.82, 2.24) is 4.98 Å². The Balaban J connectivity index is 1.60. The van der Waals surface area contributed by atoms with E-state index in [0.29, 0.717) is 0 Å². The third-order valence-electron chi connectivity index (χ3n) is 3.38. The summed E-state index contributed by atoms with van der Waals surface area (Å²) in [5.41, 5.74) is 2.60. The standard InChI is InChI=1S/C18H14F2N2OS2/c1-11-5-7-12(8-6-11)15-9-24-18(21-15)25-10-16(23)22-17-13(19)3-2-4-14(17)20/h2-9H,10H2,1H3,(H,22,23).